The second kappa shape index (κ2) is 9.20. The Hall–Kier alpha value is -3.02. The van der Waals surface area contributed by atoms with E-state index in [1.54, 1.807) is 12.0 Å². The van der Waals surface area contributed by atoms with Crippen LogP contribution in [0.1, 0.15) is 43.9 Å². The standard InChI is InChI=1S/C24H31N3O3/c1-17-9-6-7-12-21(17)22-14-20(30-26-22)16-27(23(28)25-24(2,3)4)15-18-10-8-11-19(13-18)29-5/h6-13,20H,14-16H2,1-5H3,(H,25,28)/t20-/m0/s1. The Kier molecular flexibility index (Phi) is 6.65. The summed E-state index contributed by atoms with van der Waals surface area (Å²) in [6, 6.07) is 15.8. The number of benzene rings is 2. The number of amides is 2. The monoisotopic (exact) mass is 409 g/mol. The predicted octanol–water partition coefficient (Wildman–Crippen LogP) is 4.51. The summed E-state index contributed by atoms with van der Waals surface area (Å²) in [5, 5.41) is 7.36. The summed E-state index contributed by atoms with van der Waals surface area (Å²) >= 11 is 0. The van der Waals surface area contributed by atoms with Crippen molar-refractivity contribution in [3.8, 4) is 5.75 Å². The molecule has 0 spiro atoms. The quantitative estimate of drug-likeness (QED) is 0.764. The zero-order chi connectivity index (χ0) is 21.7. The van der Waals surface area contributed by atoms with Crippen molar-refractivity contribution in [3.63, 3.8) is 0 Å². The number of hydrogen-bond acceptors (Lipinski definition) is 4. The molecule has 1 N–H and O–H groups in total. The molecular formula is C24H31N3O3. The van der Waals surface area contributed by atoms with E-state index in [0.29, 0.717) is 19.5 Å². The lowest BCUT2D eigenvalue weighted by atomic mass is 10.0. The highest BCUT2D eigenvalue weighted by Gasteiger charge is 2.28. The van der Waals surface area contributed by atoms with Crippen LogP contribution in [-0.4, -0.2) is 41.9 Å². The van der Waals surface area contributed by atoms with E-state index in [2.05, 4.69) is 29.5 Å². The smallest absolute Gasteiger partial charge is 0.318 e. The van der Waals surface area contributed by atoms with Crippen LogP contribution >= 0.6 is 0 Å². The van der Waals surface area contributed by atoms with E-state index in [1.807, 2.05) is 57.2 Å². The third-order valence-corrected chi connectivity index (χ3v) is 4.89. The zero-order valence-electron chi connectivity index (χ0n) is 18.4. The number of ether oxygens (including phenoxy) is 1. The average molecular weight is 410 g/mol. The number of carbonyl (C=O) groups excluding carboxylic acids is 1. The van der Waals surface area contributed by atoms with E-state index in [0.717, 1.165) is 22.6 Å². The fourth-order valence-corrected chi connectivity index (χ4v) is 3.44. The van der Waals surface area contributed by atoms with E-state index in [1.165, 1.54) is 5.56 Å². The number of rotatable bonds is 6. The van der Waals surface area contributed by atoms with Gasteiger partial charge in [0.05, 0.1) is 19.4 Å². The fraction of sp³-hybridized carbons (Fsp3) is 0.417. The molecule has 6 heteroatoms. The molecule has 6 nitrogen and oxygen atoms in total. The Labute approximate surface area is 178 Å². The number of nitrogens with one attached hydrogen (secondary N) is 1. The normalized spacial score (nSPS) is 15.9. The largest absolute Gasteiger partial charge is 0.497 e. The summed E-state index contributed by atoms with van der Waals surface area (Å²) in [7, 11) is 1.64. The van der Waals surface area contributed by atoms with Crippen LogP contribution in [0.2, 0.25) is 0 Å². The maximum absolute atomic E-state index is 13.0. The molecule has 160 valence electrons. The molecule has 3 rings (SSSR count). The van der Waals surface area contributed by atoms with Gasteiger partial charge in [-0.05, 0) is 51.0 Å². The van der Waals surface area contributed by atoms with Crippen LogP contribution in [0.25, 0.3) is 0 Å². The van der Waals surface area contributed by atoms with Crippen LogP contribution in [0.5, 0.6) is 5.75 Å². The van der Waals surface area contributed by atoms with E-state index < -0.39 is 0 Å². The molecule has 0 unspecified atom stereocenters. The molecular weight excluding hydrogens is 378 g/mol. The minimum absolute atomic E-state index is 0.127. The molecule has 2 aromatic carbocycles. The molecule has 0 saturated heterocycles. The molecule has 1 heterocycles. The number of urea groups is 1. The fourth-order valence-electron chi connectivity index (χ4n) is 3.44. The minimum Gasteiger partial charge on any atom is -0.497 e. The topological polar surface area (TPSA) is 63.2 Å². The Bertz CT molecular complexity index is 918. The Morgan fingerprint density at radius 2 is 2.00 bits per heavy atom. The van der Waals surface area contributed by atoms with E-state index in [4.69, 9.17) is 9.57 Å². The number of aryl methyl sites for hydroxylation is 1. The van der Waals surface area contributed by atoms with Gasteiger partial charge in [-0.3, -0.25) is 0 Å². The van der Waals surface area contributed by atoms with Crippen molar-refractivity contribution < 1.29 is 14.4 Å². The number of carbonyl (C=O) groups is 1. The van der Waals surface area contributed by atoms with Crippen molar-refractivity contribution in [1.29, 1.82) is 0 Å². The van der Waals surface area contributed by atoms with E-state index >= 15 is 0 Å². The lowest BCUT2D eigenvalue weighted by Crippen LogP contribution is -2.50. The Balaban J connectivity index is 1.72. The molecule has 1 atom stereocenters. The van der Waals surface area contributed by atoms with Gasteiger partial charge < -0.3 is 19.8 Å². The van der Waals surface area contributed by atoms with Crippen LogP contribution in [0.3, 0.4) is 0 Å². The summed E-state index contributed by atoms with van der Waals surface area (Å²) in [5.74, 6) is 0.769. The van der Waals surface area contributed by atoms with Gasteiger partial charge in [-0.1, -0.05) is 41.6 Å². The molecule has 1 aliphatic rings. The molecule has 1 aliphatic heterocycles. The van der Waals surface area contributed by atoms with Crippen molar-refractivity contribution in [2.75, 3.05) is 13.7 Å². The molecule has 0 fully saturated rings. The van der Waals surface area contributed by atoms with Gasteiger partial charge in [-0.25, -0.2) is 4.79 Å². The lowest BCUT2D eigenvalue weighted by Gasteiger charge is -2.29. The third kappa shape index (κ3) is 5.75. The molecule has 0 saturated carbocycles. The third-order valence-electron chi connectivity index (χ3n) is 4.89. The van der Waals surface area contributed by atoms with Crippen molar-refractivity contribution in [2.24, 2.45) is 5.16 Å². The first-order chi connectivity index (χ1) is 14.2. The van der Waals surface area contributed by atoms with Gasteiger partial charge in [-0.2, -0.15) is 0 Å². The van der Waals surface area contributed by atoms with Gasteiger partial charge in [0.2, 0.25) is 0 Å². The number of oxime groups is 1. The van der Waals surface area contributed by atoms with Crippen molar-refractivity contribution >= 4 is 11.7 Å². The highest BCUT2D eigenvalue weighted by molar-refractivity contribution is 6.02. The summed E-state index contributed by atoms with van der Waals surface area (Å²) in [6.07, 6.45) is 0.485. The second-order valence-corrected chi connectivity index (χ2v) is 8.70. The molecule has 30 heavy (non-hydrogen) atoms. The highest BCUT2D eigenvalue weighted by Crippen LogP contribution is 2.22. The first kappa shape index (κ1) is 21.7. The number of hydrogen-bond donors (Lipinski definition) is 1. The van der Waals surface area contributed by atoms with Crippen molar-refractivity contribution in [3.05, 3.63) is 65.2 Å². The number of methoxy groups -OCH3 is 1. The summed E-state index contributed by atoms with van der Waals surface area (Å²) in [4.78, 5) is 20.5. The molecule has 2 aromatic rings. The van der Waals surface area contributed by atoms with Crippen LogP contribution in [0, 0.1) is 6.92 Å². The molecule has 2 amide bonds. The maximum atomic E-state index is 13.0. The summed E-state index contributed by atoms with van der Waals surface area (Å²) in [6.45, 7) is 8.88. The van der Waals surface area contributed by atoms with Gasteiger partial charge in [0, 0.05) is 24.1 Å². The van der Waals surface area contributed by atoms with Gasteiger partial charge in [0.1, 0.15) is 5.75 Å². The van der Waals surface area contributed by atoms with E-state index in [-0.39, 0.29) is 17.7 Å². The summed E-state index contributed by atoms with van der Waals surface area (Å²) < 4.78 is 5.32. The Morgan fingerprint density at radius 1 is 1.23 bits per heavy atom. The lowest BCUT2D eigenvalue weighted by molar-refractivity contribution is 0.0580. The first-order valence-electron chi connectivity index (χ1n) is 10.2. The zero-order valence-corrected chi connectivity index (χ0v) is 18.4. The van der Waals surface area contributed by atoms with Crippen molar-refractivity contribution in [2.45, 2.75) is 52.3 Å². The molecule has 0 aromatic heterocycles. The maximum Gasteiger partial charge on any atom is 0.318 e. The summed E-state index contributed by atoms with van der Waals surface area (Å²) in [5.41, 5.74) is 3.85. The van der Waals surface area contributed by atoms with Crippen molar-refractivity contribution in [1.82, 2.24) is 10.2 Å². The SMILES string of the molecule is COc1cccc(CN(C[C@@H]2CC(c3ccccc3C)=NO2)C(=O)NC(C)(C)C)c1. The molecule has 0 aliphatic carbocycles. The van der Waals surface area contributed by atoms with Crippen LogP contribution in [-0.2, 0) is 11.4 Å². The van der Waals surface area contributed by atoms with Crippen LogP contribution in [0.15, 0.2) is 53.7 Å². The van der Waals surface area contributed by atoms with Gasteiger partial charge in [0.15, 0.2) is 6.10 Å². The van der Waals surface area contributed by atoms with Gasteiger partial charge >= 0.3 is 6.03 Å². The van der Waals surface area contributed by atoms with Crippen LogP contribution < -0.4 is 10.1 Å². The minimum atomic E-state index is -0.330. The van der Waals surface area contributed by atoms with Gasteiger partial charge in [0.25, 0.3) is 0 Å². The van der Waals surface area contributed by atoms with Crippen LogP contribution in [0.4, 0.5) is 4.79 Å². The number of nitrogens with zero attached hydrogens (tertiary/aromatic N) is 2. The average Bonchev–Trinajstić information content (AvgIpc) is 3.15. The Morgan fingerprint density at radius 3 is 2.70 bits per heavy atom. The highest BCUT2D eigenvalue weighted by atomic mass is 16.6. The molecule has 0 bridgehead atoms. The van der Waals surface area contributed by atoms with E-state index in [9.17, 15) is 4.79 Å². The predicted molar refractivity (Wildman–Crippen MR) is 119 cm³/mol. The first-order valence-corrected chi connectivity index (χ1v) is 10.2. The molecule has 0 radical (unpaired) electrons. The van der Waals surface area contributed by atoms with Gasteiger partial charge in [-0.15, -0.1) is 0 Å². The second-order valence-electron chi connectivity index (χ2n) is 8.70.